The van der Waals surface area contributed by atoms with Gasteiger partial charge in [-0.1, -0.05) is 0 Å². The maximum absolute atomic E-state index is 14.7. The van der Waals surface area contributed by atoms with E-state index in [2.05, 4.69) is 20.3 Å². The summed E-state index contributed by atoms with van der Waals surface area (Å²) in [6.45, 7) is 3.06. The molecule has 0 aliphatic rings. The highest BCUT2D eigenvalue weighted by Crippen LogP contribution is 2.34. The van der Waals surface area contributed by atoms with Gasteiger partial charge in [-0.05, 0) is 44.2 Å². The largest absolute Gasteiger partial charge is 0.395 e. The molecule has 2 aromatic heterocycles. The summed E-state index contributed by atoms with van der Waals surface area (Å²) < 4.78 is 29.4. The summed E-state index contributed by atoms with van der Waals surface area (Å²) in [6, 6.07) is 7.47. The van der Waals surface area contributed by atoms with Gasteiger partial charge in [0.1, 0.15) is 5.82 Å². The number of benzene rings is 1. The second kappa shape index (κ2) is 7.17. The maximum atomic E-state index is 14.7. The van der Waals surface area contributed by atoms with Crippen molar-refractivity contribution in [3.8, 4) is 22.6 Å². The number of hydrogen-bond acceptors (Lipinski definition) is 5. The van der Waals surface area contributed by atoms with Gasteiger partial charge in [0, 0.05) is 18.3 Å². The first-order valence-corrected chi connectivity index (χ1v) is 8.11. The van der Waals surface area contributed by atoms with E-state index in [9.17, 15) is 8.78 Å². The number of aliphatic hydroxyl groups excluding tert-OH is 1. The van der Waals surface area contributed by atoms with Crippen LogP contribution in [0.25, 0.3) is 22.6 Å². The number of anilines is 1. The third kappa shape index (κ3) is 3.70. The van der Waals surface area contributed by atoms with Crippen molar-refractivity contribution in [3.05, 3.63) is 48.7 Å². The van der Waals surface area contributed by atoms with E-state index in [1.54, 1.807) is 24.4 Å². The zero-order chi connectivity index (χ0) is 18.7. The smallest absolute Gasteiger partial charge is 0.223 e. The third-order valence-corrected chi connectivity index (χ3v) is 3.75. The number of nitrogens with zero attached hydrogens (tertiary/aromatic N) is 4. The SMILES string of the molecule is CC(C)(F)n1cnc(-c2ccc(F)cc2)c1-c1ccnc(NCCO)n1. The molecule has 0 unspecified atom stereocenters. The summed E-state index contributed by atoms with van der Waals surface area (Å²) in [5, 5.41) is 11.8. The van der Waals surface area contributed by atoms with Crippen LogP contribution in [0.4, 0.5) is 14.7 Å². The van der Waals surface area contributed by atoms with Crippen LogP contribution in [0, 0.1) is 5.82 Å². The molecule has 3 aromatic rings. The van der Waals surface area contributed by atoms with E-state index in [4.69, 9.17) is 5.11 Å². The molecule has 0 saturated carbocycles. The Morgan fingerprint density at radius 2 is 1.88 bits per heavy atom. The van der Waals surface area contributed by atoms with Crippen LogP contribution in [0.3, 0.4) is 0 Å². The second-order valence-corrected chi connectivity index (χ2v) is 6.14. The maximum Gasteiger partial charge on any atom is 0.223 e. The Morgan fingerprint density at radius 3 is 2.54 bits per heavy atom. The van der Waals surface area contributed by atoms with E-state index in [1.807, 2.05) is 0 Å². The van der Waals surface area contributed by atoms with Crippen LogP contribution in [0.15, 0.2) is 42.9 Å². The Balaban J connectivity index is 2.15. The quantitative estimate of drug-likeness (QED) is 0.707. The van der Waals surface area contributed by atoms with E-state index in [0.717, 1.165) is 0 Å². The van der Waals surface area contributed by atoms with Crippen molar-refractivity contribution in [1.29, 1.82) is 0 Å². The highest BCUT2D eigenvalue weighted by Gasteiger charge is 2.26. The fourth-order valence-corrected chi connectivity index (χ4v) is 2.56. The van der Waals surface area contributed by atoms with Gasteiger partial charge in [-0.25, -0.2) is 23.7 Å². The van der Waals surface area contributed by atoms with E-state index < -0.39 is 5.79 Å². The van der Waals surface area contributed by atoms with Gasteiger partial charge in [-0.3, -0.25) is 4.57 Å². The van der Waals surface area contributed by atoms with Gasteiger partial charge in [0.15, 0.2) is 5.79 Å². The van der Waals surface area contributed by atoms with Crippen molar-refractivity contribution in [2.24, 2.45) is 0 Å². The molecule has 0 fully saturated rings. The topological polar surface area (TPSA) is 75.9 Å². The molecular formula is C18H19F2N5O. The molecular weight excluding hydrogens is 340 g/mol. The monoisotopic (exact) mass is 359 g/mol. The first-order chi connectivity index (χ1) is 12.4. The standard InChI is InChI=1S/C18H19F2N5O/c1-18(2,20)25-11-23-15(12-3-5-13(19)6-4-12)16(25)14-7-8-21-17(24-14)22-9-10-26/h3-8,11,26H,9-10H2,1-2H3,(H,21,22,24). The van der Waals surface area contributed by atoms with Gasteiger partial charge >= 0.3 is 0 Å². The first-order valence-electron chi connectivity index (χ1n) is 8.11. The van der Waals surface area contributed by atoms with Gasteiger partial charge in [0.2, 0.25) is 5.95 Å². The molecule has 3 rings (SSSR count). The molecule has 2 heterocycles. The number of aromatic nitrogens is 4. The predicted octanol–water partition coefficient (Wildman–Crippen LogP) is 3.21. The average Bonchev–Trinajstić information content (AvgIpc) is 3.06. The number of halogens is 2. The lowest BCUT2D eigenvalue weighted by molar-refractivity contribution is 0.122. The number of aliphatic hydroxyl groups is 1. The summed E-state index contributed by atoms with van der Waals surface area (Å²) in [5.74, 6) is -1.77. The number of hydrogen-bond donors (Lipinski definition) is 2. The molecule has 0 bridgehead atoms. The summed E-state index contributed by atoms with van der Waals surface area (Å²) in [4.78, 5) is 12.8. The van der Waals surface area contributed by atoms with Crippen LogP contribution in [-0.2, 0) is 5.79 Å². The fraction of sp³-hybridized carbons (Fsp3) is 0.278. The van der Waals surface area contributed by atoms with Gasteiger partial charge in [-0.15, -0.1) is 0 Å². The molecule has 0 spiro atoms. The molecule has 0 aliphatic carbocycles. The van der Waals surface area contributed by atoms with E-state index in [-0.39, 0.29) is 12.4 Å². The van der Waals surface area contributed by atoms with Crippen LogP contribution in [-0.4, -0.2) is 37.8 Å². The lowest BCUT2D eigenvalue weighted by Crippen LogP contribution is -2.20. The van der Waals surface area contributed by atoms with Crippen LogP contribution in [0.5, 0.6) is 0 Å². The Labute approximate surface area is 149 Å². The van der Waals surface area contributed by atoms with Crippen LogP contribution < -0.4 is 5.32 Å². The molecule has 0 saturated heterocycles. The summed E-state index contributed by atoms with van der Waals surface area (Å²) in [6.07, 6.45) is 2.94. The van der Waals surface area contributed by atoms with Crippen LogP contribution in [0.2, 0.25) is 0 Å². The number of rotatable bonds is 6. The van der Waals surface area contributed by atoms with Crippen molar-refractivity contribution in [3.63, 3.8) is 0 Å². The lowest BCUT2D eigenvalue weighted by atomic mass is 10.1. The van der Waals surface area contributed by atoms with Gasteiger partial charge in [0.05, 0.1) is 30.0 Å². The minimum Gasteiger partial charge on any atom is -0.395 e. The van der Waals surface area contributed by atoms with Crippen LogP contribution in [0.1, 0.15) is 13.8 Å². The normalized spacial score (nSPS) is 11.6. The molecule has 0 amide bonds. The second-order valence-electron chi connectivity index (χ2n) is 6.14. The zero-order valence-corrected chi connectivity index (χ0v) is 14.4. The molecule has 8 heteroatoms. The Morgan fingerprint density at radius 1 is 1.15 bits per heavy atom. The number of nitrogens with one attached hydrogen (secondary N) is 1. The van der Waals surface area contributed by atoms with Crippen LogP contribution >= 0.6 is 0 Å². The van der Waals surface area contributed by atoms with Gasteiger partial charge in [0.25, 0.3) is 0 Å². The van der Waals surface area contributed by atoms with Gasteiger partial charge < -0.3 is 10.4 Å². The Hall–Kier alpha value is -2.87. The number of alkyl halides is 1. The molecule has 136 valence electrons. The summed E-state index contributed by atoms with van der Waals surface area (Å²) in [5.41, 5.74) is 2.05. The van der Waals surface area contributed by atoms with E-state index in [1.165, 1.54) is 36.9 Å². The summed E-state index contributed by atoms with van der Waals surface area (Å²) >= 11 is 0. The zero-order valence-electron chi connectivity index (χ0n) is 14.4. The highest BCUT2D eigenvalue weighted by molar-refractivity contribution is 5.77. The highest BCUT2D eigenvalue weighted by atomic mass is 19.1. The van der Waals surface area contributed by atoms with Crippen molar-refractivity contribution >= 4 is 5.95 Å². The van der Waals surface area contributed by atoms with E-state index in [0.29, 0.717) is 35.1 Å². The van der Waals surface area contributed by atoms with Crippen molar-refractivity contribution in [2.75, 3.05) is 18.5 Å². The molecule has 0 atom stereocenters. The fourth-order valence-electron chi connectivity index (χ4n) is 2.56. The minimum atomic E-state index is -1.72. The first kappa shape index (κ1) is 17.9. The molecule has 26 heavy (non-hydrogen) atoms. The molecule has 2 N–H and O–H groups in total. The number of imidazole rings is 1. The third-order valence-electron chi connectivity index (χ3n) is 3.75. The lowest BCUT2D eigenvalue weighted by Gasteiger charge is -2.20. The molecule has 0 aliphatic heterocycles. The van der Waals surface area contributed by atoms with Crippen molar-refractivity contribution in [2.45, 2.75) is 19.6 Å². The molecule has 1 aromatic carbocycles. The Bertz CT molecular complexity index is 887. The van der Waals surface area contributed by atoms with Crippen molar-refractivity contribution in [1.82, 2.24) is 19.5 Å². The Kier molecular flexibility index (Phi) is 4.94. The predicted molar refractivity (Wildman–Crippen MR) is 94.7 cm³/mol. The average molecular weight is 359 g/mol. The van der Waals surface area contributed by atoms with Crippen molar-refractivity contribution < 1.29 is 13.9 Å². The van der Waals surface area contributed by atoms with Gasteiger partial charge in [-0.2, -0.15) is 0 Å². The molecule has 6 nitrogen and oxygen atoms in total. The summed E-state index contributed by atoms with van der Waals surface area (Å²) in [7, 11) is 0. The van der Waals surface area contributed by atoms with E-state index >= 15 is 0 Å². The minimum absolute atomic E-state index is 0.0656. The molecule has 0 radical (unpaired) electrons.